The van der Waals surface area contributed by atoms with E-state index >= 15 is 0 Å². The first-order valence-electron chi connectivity index (χ1n) is 9.87. The minimum atomic E-state index is -4.49. The molecule has 0 aliphatic heterocycles. The largest absolute Gasteiger partial charge is 0.493 e. The lowest BCUT2D eigenvalue weighted by atomic mass is 10.1. The van der Waals surface area contributed by atoms with Crippen LogP contribution in [0.25, 0.3) is 0 Å². The summed E-state index contributed by atoms with van der Waals surface area (Å²) in [5.41, 5.74) is 1.57. The van der Waals surface area contributed by atoms with Gasteiger partial charge in [0.1, 0.15) is 5.82 Å². The molecular weight excluding hydrogens is 427 g/mol. The molecule has 174 valence electrons. The summed E-state index contributed by atoms with van der Waals surface area (Å²) < 4.78 is 47.0. The Kier molecular flexibility index (Phi) is 8.07. The molecule has 1 atom stereocenters. The van der Waals surface area contributed by atoms with E-state index in [1.54, 1.807) is 39.8 Å². The summed E-state index contributed by atoms with van der Waals surface area (Å²) in [5.74, 6) is -0.577. The SMILES string of the molecule is COc1cc(C(=O)NC(C)c2cc(C)nc(NC(=O)C(C)C)c2)ccc1OCC(F)(F)F. The molecule has 7 nitrogen and oxygen atoms in total. The highest BCUT2D eigenvalue weighted by Crippen LogP contribution is 2.30. The maximum Gasteiger partial charge on any atom is 0.422 e. The number of hydrogen-bond acceptors (Lipinski definition) is 5. The average molecular weight is 453 g/mol. The second kappa shape index (κ2) is 10.3. The number of anilines is 1. The van der Waals surface area contributed by atoms with Gasteiger partial charge in [0, 0.05) is 17.2 Å². The maximum atomic E-state index is 12.7. The van der Waals surface area contributed by atoms with Crippen molar-refractivity contribution in [3.8, 4) is 11.5 Å². The highest BCUT2D eigenvalue weighted by molar-refractivity contribution is 5.95. The first-order chi connectivity index (χ1) is 14.9. The number of aromatic nitrogens is 1. The van der Waals surface area contributed by atoms with E-state index in [0.717, 1.165) is 5.56 Å². The lowest BCUT2D eigenvalue weighted by Gasteiger charge is -2.17. The number of carbonyl (C=O) groups excluding carboxylic acids is 2. The van der Waals surface area contributed by atoms with Crippen molar-refractivity contribution in [2.24, 2.45) is 5.92 Å². The van der Waals surface area contributed by atoms with Crippen molar-refractivity contribution in [3.05, 3.63) is 47.2 Å². The van der Waals surface area contributed by atoms with E-state index in [-0.39, 0.29) is 28.9 Å². The van der Waals surface area contributed by atoms with Gasteiger partial charge >= 0.3 is 6.18 Å². The second-order valence-electron chi connectivity index (χ2n) is 7.54. The number of amides is 2. The van der Waals surface area contributed by atoms with Gasteiger partial charge in [0.15, 0.2) is 18.1 Å². The van der Waals surface area contributed by atoms with Crippen molar-refractivity contribution in [1.82, 2.24) is 10.3 Å². The van der Waals surface area contributed by atoms with Crippen molar-refractivity contribution < 1.29 is 32.2 Å². The Labute approximate surface area is 184 Å². The molecule has 10 heteroatoms. The molecule has 2 aromatic rings. The summed E-state index contributed by atoms with van der Waals surface area (Å²) in [5, 5.41) is 5.55. The molecule has 0 radical (unpaired) electrons. The molecule has 32 heavy (non-hydrogen) atoms. The number of carbonyl (C=O) groups is 2. The van der Waals surface area contributed by atoms with Crippen LogP contribution < -0.4 is 20.1 Å². The van der Waals surface area contributed by atoms with Crippen molar-refractivity contribution in [3.63, 3.8) is 0 Å². The number of halogens is 3. The minimum Gasteiger partial charge on any atom is -0.493 e. The summed E-state index contributed by atoms with van der Waals surface area (Å²) in [4.78, 5) is 28.9. The molecule has 1 aromatic carbocycles. The fraction of sp³-hybridized carbons (Fsp3) is 0.409. The predicted octanol–water partition coefficient (Wildman–Crippen LogP) is 4.43. The standard InChI is InChI=1S/C22H26F3N3O4/c1-12(2)20(29)28-19-10-16(8-13(3)26-19)14(4)27-21(30)15-6-7-17(18(9-15)31-5)32-11-22(23,24)25/h6-10,12,14H,11H2,1-5H3,(H,27,30)(H,26,28,29). The summed E-state index contributed by atoms with van der Waals surface area (Å²) in [7, 11) is 1.27. The topological polar surface area (TPSA) is 89.5 Å². The average Bonchev–Trinajstić information content (AvgIpc) is 2.70. The number of benzene rings is 1. The van der Waals surface area contributed by atoms with Gasteiger partial charge < -0.3 is 20.1 Å². The van der Waals surface area contributed by atoms with E-state index in [4.69, 9.17) is 9.47 Å². The van der Waals surface area contributed by atoms with Crippen LogP contribution in [-0.2, 0) is 4.79 Å². The molecule has 1 aromatic heterocycles. The Morgan fingerprint density at radius 1 is 1.09 bits per heavy atom. The molecule has 0 spiro atoms. The van der Waals surface area contributed by atoms with E-state index in [9.17, 15) is 22.8 Å². The van der Waals surface area contributed by atoms with E-state index in [0.29, 0.717) is 11.5 Å². The molecule has 0 fully saturated rings. The molecule has 0 bridgehead atoms. The van der Waals surface area contributed by atoms with Crippen LogP contribution in [0.2, 0.25) is 0 Å². The molecule has 2 N–H and O–H groups in total. The third-order valence-electron chi connectivity index (χ3n) is 4.42. The third-order valence-corrected chi connectivity index (χ3v) is 4.42. The first kappa shape index (κ1) is 25.0. The lowest BCUT2D eigenvalue weighted by Crippen LogP contribution is -2.27. The molecule has 1 heterocycles. The molecule has 0 saturated carbocycles. The Balaban J connectivity index is 2.15. The normalized spacial score (nSPS) is 12.3. The third kappa shape index (κ3) is 7.14. The van der Waals surface area contributed by atoms with Gasteiger partial charge in [0.25, 0.3) is 5.91 Å². The zero-order valence-electron chi connectivity index (χ0n) is 18.5. The number of alkyl halides is 3. The van der Waals surface area contributed by atoms with Gasteiger partial charge in [-0.1, -0.05) is 13.8 Å². The van der Waals surface area contributed by atoms with E-state index in [2.05, 4.69) is 15.6 Å². The number of ether oxygens (including phenoxy) is 2. The van der Waals surface area contributed by atoms with Gasteiger partial charge in [-0.25, -0.2) is 4.98 Å². The van der Waals surface area contributed by atoms with Crippen LogP contribution in [0.1, 0.15) is 48.4 Å². The van der Waals surface area contributed by atoms with Crippen LogP contribution in [-0.4, -0.2) is 36.7 Å². The molecular formula is C22H26F3N3O4. The zero-order valence-corrected chi connectivity index (χ0v) is 18.5. The summed E-state index contributed by atoms with van der Waals surface area (Å²) in [6.45, 7) is 5.60. The Morgan fingerprint density at radius 3 is 2.38 bits per heavy atom. The number of methoxy groups -OCH3 is 1. The van der Waals surface area contributed by atoms with Gasteiger partial charge in [-0.3, -0.25) is 9.59 Å². The molecule has 1 unspecified atom stereocenters. The molecule has 0 aliphatic rings. The van der Waals surface area contributed by atoms with Gasteiger partial charge in [-0.15, -0.1) is 0 Å². The maximum absolute atomic E-state index is 12.7. The first-order valence-corrected chi connectivity index (χ1v) is 9.87. The molecule has 0 saturated heterocycles. The number of nitrogens with one attached hydrogen (secondary N) is 2. The van der Waals surface area contributed by atoms with E-state index in [1.807, 2.05) is 0 Å². The molecule has 2 amide bonds. The quantitative estimate of drug-likeness (QED) is 0.618. The summed E-state index contributed by atoms with van der Waals surface area (Å²) in [6.07, 6.45) is -4.49. The molecule has 2 rings (SSSR count). The second-order valence-corrected chi connectivity index (χ2v) is 7.54. The zero-order chi connectivity index (χ0) is 24.1. The van der Waals surface area contributed by atoms with E-state index < -0.39 is 24.7 Å². The van der Waals surface area contributed by atoms with Crippen LogP contribution in [0.4, 0.5) is 19.0 Å². The smallest absolute Gasteiger partial charge is 0.422 e. The Hall–Kier alpha value is -3.30. The fourth-order valence-electron chi connectivity index (χ4n) is 2.73. The predicted molar refractivity (Wildman–Crippen MR) is 113 cm³/mol. The van der Waals surface area contributed by atoms with E-state index in [1.165, 1.54) is 25.3 Å². The van der Waals surface area contributed by atoms with Crippen LogP contribution in [0.3, 0.4) is 0 Å². The van der Waals surface area contributed by atoms with Crippen molar-refractivity contribution in [2.75, 3.05) is 19.0 Å². The Morgan fingerprint density at radius 2 is 1.78 bits per heavy atom. The highest BCUT2D eigenvalue weighted by Gasteiger charge is 2.29. The van der Waals surface area contributed by atoms with Gasteiger partial charge in [0.2, 0.25) is 5.91 Å². The minimum absolute atomic E-state index is 0.00740. The van der Waals surface area contributed by atoms with Gasteiger partial charge in [-0.05, 0) is 49.7 Å². The van der Waals surface area contributed by atoms with Crippen LogP contribution in [0.15, 0.2) is 30.3 Å². The number of nitrogens with zero attached hydrogens (tertiary/aromatic N) is 1. The number of aryl methyl sites for hydroxylation is 1. The number of pyridine rings is 1. The molecule has 0 aliphatic carbocycles. The van der Waals surface area contributed by atoms with Crippen molar-refractivity contribution >= 4 is 17.6 Å². The fourth-order valence-corrected chi connectivity index (χ4v) is 2.73. The van der Waals surface area contributed by atoms with Gasteiger partial charge in [-0.2, -0.15) is 13.2 Å². The number of rotatable bonds is 8. The van der Waals surface area contributed by atoms with Crippen LogP contribution in [0, 0.1) is 12.8 Å². The highest BCUT2D eigenvalue weighted by atomic mass is 19.4. The van der Waals surface area contributed by atoms with Gasteiger partial charge in [0.05, 0.1) is 13.2 Å². The van der Waals surface area contributed by atoms with Crippen molar-refractivity contribution in [1.29, 1.82) is 0 Å². The van der Waals surface area contributed by atoms with Crippen molar-refractivity contribution in [2.45, 2.75) is 39.9 Å². The van der Waals surface area contributed by atoms with Crippen LogP contribution in [0.5, 0.6) is 11.5 Å². The Bertz CT molecular complexity index is 977. The summed E-state index contributed by atoms with van der Waals surface area (Å²) in [6, 6.07) is 6.92. The lowest BCUT2D eigenvalue weighted by molar-refractivity contribution is -0.153. The monoisotopic (exact) mass is 453 g/mol. The van der Waals surface area contributed by atoms with Crippen LogP contribution >= 0.6 is 0 Å². The number of hydrogen-bond donors (Lipinski definition) is 2. The summed E-state index contributed by atoms with van der Waals surface area (Å²) >= 11 is 0.